The molecule has 0 aliphatic carbocycles. The fourth-order valence-corrected chi connectivity index (χ4v) is 1.12. The standard InChI is InChI=1S/C9H10N2O4/c1-15-9-3-2-6(8(12)5-10)4-7(9)11(13)14/h2-4H,5,10H2,1H3. The zero-order valence-electron chi connectivity index (χ0n) is 8.10. The molecule has 1 aromatic carbocycles. The predicted molar refractivity (Wildman–Crippen MR) is 53.0 cm³/mol. The third kappa shape index (κ3) is 2.29. The van der Waals surface area contributed by atoms with E-state index in [0.717, 1.165) is 6.07 Å². The molecule has 0 saturated carbocycles. The number of hydrogen-bond donors (Lipinski definition) is 1. The average molecular weight is 210 g/mol. The highest BCUT2D eigenvalue weighted by atomic mass is 16.6. The molecule has 0 bridgehead atoms. The molecule has 0 radical (unpaired) electrons. The minimum atomic E-state index is -0.605. The fraction of sp³-hybridized carbons (Fsp3) is 0.222. The van der Waals surface area contributed by atoms with Crippen molar-refractivity contribution in [1.82, 2.24) is 0 Å². The average Bonchev–Trinajstić information content (AvgIpc) is 2.27. The van der Waals surface area contributed by atoms with Crippen molar-refractivity contribution in [2.75, 3.05) is 13.7 Å². The molecule has 1 aromatic rings. The van der Waals surface area contributed by atoms with Gasteiger partial charge in [-0.05, 0) is 12.1 Å². The van der Waals surface area contributed by atoms with Crippen LogP contribution in [0.1, 0.15) is 10.4 Å². The zero-order chi connectivity index (χ0) is 11.4. The second-order valence-electron chi connectivity index (χ2n) is 2.77. The van der Waals surface area contributed by atoms with Gasteiger partial charge >= 0.3 is 5.69 Å². The van der Waals surface area contributed by atoms with Crippen molar-refractivity contribution >= 4 is 11.5 Å². The molecule has 0 fully saturated rings. The molecule has 6 heteroatoms. The minimum Gasteiger partial charge on any atom is -0.490 e. The third-order valence-corrected chi connectivity index (χ3v) is 1.88. The quantitative estimate of drug-likeness (QED) is 0.449. The Morgan fingerprint density at radius 2 is 2.27 bits per heavy atom. The van der Waals surface area contributed by atoms with Crippen molar-refractivity contribution in [3.63, 3.8) is 0 Å². The van der Waals surface area contributed by atoms with Gasteiger partial charge in [0.1, 0.15) is 0 Å². The Morgan fingerprint density at radius 1 is 1.60 bits per heavy atom. The van der Waals surface area contributed by atoms with Crippen LogP contribution in [0.4, 0.5) is 5.69 Å². The summed E-state index contributed by atoms with van der Waals surface area (Å²) in [6, 6.07) is 3.98. The molecule has 0 heterocycles. The van der Waals surface area contributed by atoms with Gasteiger partial charge in [0.25, 0.3) is 0 Å². The molecule has 0 spiro atoms. The van der Waals surface area contributed by atoms with Gasteiger partial charge in [-0.3, -0.25) is 14.9 Å². The Bertz CT molecular complexity index is 403. The van der Waals surface area contributed by atoms with E-state index < -0.39 is 4.92 Å². The number of hydrogen-bond acceptors (Lipinski definition) is 5. The number of nitrogens with zero attached hydrogens (tertiary/aromatic N) is 1. The number of benzene rings is 1. The van der Waals surface area contributed by atoms with Crippen LogP contribution in [0.5, 0.6) is 5.75 Å². The molecule has 0 amide bonds. The van der Waals surface area contributed by atoms with Gasteiger partial charge in [0.05, 0.1) is 18.6 Å². The van der Waals surface area contributed by atoms with Crippen molar-refractivity contribution in [2.45, 2.75) is 0 Å². The Hall–Kier alpha value is -1.95. The summed E-state index contributed by atoms with van der Waals surface area (Å²) in [6.07, 6.45) is 0. The lowest BCUT2D eigenvalue weighted by molar-refractivity contribution is -0.385. The van der Waals surface area contributed by atoms with Crippen LogP contribution >= 0.6 is 0 Å². The Balaban J connectivity index is 3.22. The summed E-state index contributed by atoms with van der Waals surface area (Å²) in [5, 5.41) is 10.6. The molecule has 0 aliphatic rings. The summed E-state index contributed by atoms with van der Waals surface area (Å²) in [5.41, 5.74) is 5.12. The first-order chi connectivity index (χ1) is 7.10. The summed E-state index contributed by atoms with van der Waals surface area (Å²) in [5.74, 6) is -0.227. The third-order valence-electron chi connectivity index (χ3n) is 1.88. The number of Topliss-reactive ketones (excluding diaryl/α,β-unsaturated/α-hetero) is 1. The minimum absolute atomic E-state index is 0.119. The van der Waals surface area contributed by atoms with Crippen LogP contribution in [0.15, 0.2) is 18.2 Å². The molecule has 15 heavy (non-hydrogen) atoms. The molecular formula is C9H10N2O4. The molecule has 80 valence electrons. The second-order valence-corrected chi connectivity index (χ2v) is 2.77. The van der Waals surface area contributed by atoms with Gasteiger partial charge in [-0.1, -0.05) is 0 Å². The van der Waals surface area contributed by atoms with Crippen molar-refractivity contribution < 1.29 is 14.5 Å². The molecule has 0 unspecified atom stereocenters. The number of nitrogens with two attached hydrogens (primary N) is 1. The predicted octanol–water partition coefficient (Wildman–Crippen LogP) is 0.745. The Labute approximate surface area is 85.8 Å². The molecule has 0 atom stereocenters. The molecule has 6 nitrogen and oxygen atoms in total. The maximum absolute atomic E-state index is 11.2. The number of nitro groups is 1. The topological polar surface area (TPSA) is 95.5 Å². The first kappa shape index (κ1) is 11.1. The number of carbonyl (C=O) groups excluding carboxylic acids is 1. The van der Waals surface area contributed by atoms with Crippen LogP contribution in [-0.4, -0.2) is 24.4 Å². The van der Waals surface area contributed by atoms with E-state index >= 15 is 0 Å². The van der Waals surface area contributed by atoms with Crippen molar-refractivity contribution in [2.24, 2.45) is 5.73 Å². The molecular weight excluding hydrogens is 200 g/mol. The van der Waals surface area contributed by atoms with Gasteiger partial charge in [-0.25, -0.2) is 0 Å². The normalized spacial score (nSPS) is 9.73. The Kier molecular flexibility index (Phi) is 3.35. The molecule has 2 N–H and O–H groups in total. The smallest absolute Gasteiger partial charge is 0.311 e. The lowest BCUT2D eigenvalue weighted by Gasteiger charge is -2.03. The monoisotopic (exact) mass is 210 g/mol. The number of nitro benzene ring substituents is 1. The first-order valence-corrected chi connectivity index (χ1v) is 4.16. The summed E-state index contributed by atoms with van der Waals surface area (Å²) in [4.78, 5) is 21.2. The maximum Gasteiger partial charge on any atom is 0.311 e. The van der Waals surface area contributed by atoms with E-state index in [4.69, 9.17) is 10.5 Å². The second kappa shape index (κ2) is 4.52. The maximum atomic E-state index is 11.2. The van der Waals surface area contributed by atoms with E-state index in [1.165, 1.54) is 19.2 Å². The van der Waals surface area contributed by atoms with Crippen LogP contribution in [0, 0.1) is 10.1 Å². The number of ether oxygens (including phenoxy) is 1. The van der Waals surface area contributed by atoms with Crippen LogP contribution in [0.25, 0.3) is 0 Å². The number of rotatable bonds is 4. The van der Waals surface area contributed by atoms with Crippen LogP contribution < -0.4 is 10.5 Å². The first-order valence-electron chi connectivity index (χ1n) is 4.16. The number of ketones is 1. The van der Waals surface area contributed by atoms with Crippen LogP contribution in [-0.2, 0) is 0 Å². The Morgan fingerprint density at radius 3 is 2.73 bits per heavy atom. The molecule has 0 saturated heterocycles. The largest absolute Gasteiger partial charge is 0.490 e. The summed E-state index contributed by atoms with van der Waals surface area (Å²) in [6.45, 7) is -0.177. The fourth-order valence-electron chi connectivity index (χ4n) is 1.12. The zero-order valence-corrected chi connectivity index (χ0v) is 8.10. The van der Waals surface area contributed by atoms with Crippen LogP contribution in [0.3, 0.4) is 0 Å². The number of carbonyl (C=O) groups is 1. The molecule has 0 aromatic heterocycles. The van der Waals surface area contributed by atoms with Gasteiger partial charge in [-0.15, -0.1) is 0 Å². The SMILES string of the molecule is COc1ccc(C(=O)CN)cc1[N+](=O)[O-]. The van der Waals surface area contributed by atoms with Crippen LogP contribution in [0.2, 0.25) is 0 Å². The lowest BCUT2D eigenvalue weighted by Crippen LogP contribution is -2.13. The summed E-state index contributed by atoms with van der Waals surface area (Å²) < 4.78 is 4.79. The summed E-state index contributed by atoms with van der Waals surface area (Å²) in [7, 11) is 1.33. The van der Waals surface area contributed by atoms with Gasteiger partial charge in [0.15, 0.2) is 11.5 Å². The van der Waals surface area contributed by atoms with Gasteiger partial charge in [0, 0.05) is 11.6 Å². The van der Waals surface area contributed by atoms with Crippen molar-refractivity contribution in [3.8, 4) is 5.75 Å². The number of methoxy groups -OCH3 is 1. The highest BCUT2D eigenvalue weighted by Crippen LogP contribution is 2.27. The van der Waals surface area contributed by atoms with E-state index in [1.54, 1.807) is 0 Å². The molecule has 0 aliphatic heterocycles. The summed E-state index contributed by atoms with van der Waals surface area (Å²) >= 11 is 0. The van der Waals surface area contributed by atoms with E-state index in [9.17, 15) is 14.9 Å². The van der Waals surface area contributed by atoms with Crippen molar-refractivity contribution in [3.05, 3.63) is 33.9 Å². The van der Waals surface area contributed by atoms with E-state index in [-0.39, 0.29) is 29.3 Å². The lowest BCUT2D eigenvalue weighted by atomic mass is 10.1. The molecule has 1 rings (SSSR count). The van der Waals surface area contributed by atoms with E-state index in [2.05, 4.69) is 0 Å². The van der Waals surface area contributed by atoms with E-state index in [0.29, 0.717) is 0 Å². The van der Waals surface area contributed by atoms with Gasteiger partial charge in [0.2, 0.25) is 0 Å². The van der Waals surface area contributed by atoms with Crippen molar-refractivity contribution in [1.29, 1.82) is 0 Å². The van der Waals surface area contributed by atoms with Gasteiger partial charge < -0.3 is 10.5 Å². The van der Waals surface area contributed by atoms with Gasteiger partial charge in [-0.2, -0.15) is 0 Å². The highest BCUT2D eigenvalue weighted by molar-refractivity contribution is 5.98. The highest BCUT2D eigenvalue weighted by Gasteiger charge is 2.17. The van der Waals surface area contributed by atoms with E-state index in [1.807, 2.05) is 0 Å².